The van der Waals surface area contributed by atoms with E-state index in [1.54, 1.807) is 20.5 Å². The van der Waals surface area contributed by atoms with Crippen molar-refractivity contribution in [3.05, 3.63) is 35.9 Å². The Kier molecular flexibility index (Phi) is 3.00. The van der Waals surface area contributed by atoms with E-state index in [1.165, 1.54) is 0 Å². The molecule has 1 aromatic carbocycles. The number of nitrogens with zero attached hydrogens (tertiary/aromatic N) is 1. The molecule has 0 aromatic heterocycles. The minimum atomic E-state index is -2.75. The Morgan fingerprint density at radius 2 is 2.00 bits per heavy atom. The van der Waals surface area contributed by atoms with Gasteiger partial charge in [-0.15, -0.1) is 0 Å². The first kappa shape index (κ1) is 12.2. The third kappa shape index (κ3) is 2.52. The highest BCUT2D eigenvalue weighted by atomic mass is 31.2. The molecule has 4 nitrogen and oxygen atoms in total. The van der Waals surface area contributed by atoms with Crippen LogP contribution < -0.4 is 0 Å². The molecule has 0 fully saturated rings. The van der Waals surface area contributed by atoms with Crippen molar-refractivity contribution in [2.45, 2.75) is 25.7 Å². The minimum absolute atomic E-state index is 0.129. The second-order valence-corrected chi connectivity index (χ2v) is 7.55. The predicted molar refractivity (Wildman–Crippen MR) is 67.4 cm³/mol. The maximum Gasteiger partial charge on any atom is 0.390 e. The summed E-state index contributed by atoms with van der Waals surface area (Å²) >= 11 is 0. The maximum absolute atomic E-state index is 12.1. The van der Waals surface area contributed by atoms with Crippen LogP contribution in [0.5, 0.6) is 0 Å². The lowest BCUT2D eigenvalue weighted by Gasteiger charge is -2.17. The van der Waals surface area contributed by atoms with Crippen molar-refractivity contribution < 1.29 is 13.8 Å². The monoisotopic (exact) mass is 253 g/mol. The Labute approximate surface area is 101 Å². The van der Waals surface area contributed by atoms with Gasteiger partial charge in [-0.05, 0) is 19.4 Å². The number of rotatable bonds is 2. The summed E-state index contributed by atoms with van der Waals surface area (Å²) in [6, 6.07) is 9.71. The van der Waals surface area contributed by atoms with Gasteiger partial charge < -0.3 is 9.26 Å². The molecule has 0 aliphatic carbocycles. The van der Waals surface area contributed by atoms with Gasteiger partial charge in [-0.3, -0.25) is 4.57 Å². The lowest BCUT2D eigenvalue weighted by molar-refractivity contribution is 0.231. The Bertz CT molecular complexity index is 482. The molecule has 1 unspecified atom stereocenters. The molecule has 1 heterocycles. The molecule has 1 aliphatic heterocycles. The van der Waals surface area contributed by atoms with Crippen LogP contribution in [0.1, 0.15) is 19.4 Å². The van der Waals surface area contributed by atoms with E-state index >= 15 is 0 Å². The number of hydrogen-bond donors (Lipinski definition) is 0. The van der Waals surface area contributed by atoms with Crippen molar-refractivity contribution in [3.63, 3.8) is 0 Å². The van der Waals surface area contributed by atoms with Crippen molar-refractivity contribution in [2.75, 3.05) is 6.66 Å². The fraction of sp³-hybridized carbons (Fsp3) is 0.417. The quantitative estimate of drug-likeness (QED) is 0.760. The zero-order valence-corrected chi connectivity index (χ0v) is 11.1. The van der Waals surface area contributed by atoms with Gasteiger partial charge in [0.1, 0.15) is 11.9 Å². The fourth-order valence-corrected chi connectivity index (χ4v) is 2.25. The molecular formula is C12H16NO3P. The van der Waals surface area contributed by atoms with Crippen LogP contribution in [0.3, 0.4) is 0 Å². The van der Waals surface area contributed by atoms with Crippen molar-refractivity contribution in [1.82, 2.24) is 0 Å². The van der Waals surface area contributed by atoms with Gasteiger partial charge in [-0.2, -0.15) is 4.99 Å². The fourth-order valence-electron chi connectivity index (χ4n) is 1.37. The van der Waals surface area contributed by atoms with Gasteiger partial charge in [0, 0.05) is 6.66 Å². The molecule has 2 rings (SSSR count). The zero-order valence-electron chi connectivity index (χ0n) is 10.2. The van der Waals surface area contributed by atoms with Gasteiger partial charge in [0.2, 0.25) is 0 Å². The summed E-state index contributed by atoms with van der Waals surface area (Å²) in [5, 5.41) is -0.695. The van der Waals surface area contributed by atoms with E-state index in [1.807, 2.05) is 30.3 Å². The maximum atomic E-state index is 12.1. The largest absolute Gasteiger partial charge is 0.446 e. The third-order valence-corrected chi connectivity index (χ3v) is 5.41. The predicted octanol–water partition coefficient (Wildman–Crippen LogP) is 3.23. The van der Waals surface area contributed by atoms with Crippen LogP contribution in [0.4, 0.5) is 0 Å². The summed E-state index contributed by atoms with van der Waals surface area (Å²) in [6.07, 6.45) is 0.129. The molecular weight excluding hydrogens is 237 g/mol. The molecule has 5 heteroatoms. The Morgan fingerprint density at radius 3 is 2.53 bits per heavy atom. The summed E-state index contributed by atoms with van der Waals surface area (Å²) in [5.41, 5.74) is 1.02. The van der Waals surface area contributed by atoms with Crippen LogP contribution in [0.15, 0.2) is 35.3 Å². The Hall–Kier alpha value is -1.28. The van der Waals surface area contributed by atoms with Gasteiger partial charge >= 0.3 is 6.08 Å². The molecule has 92 valence electrons. The highest BCUT2D eigenvalue weighted by Gasteiger charge is 2.46. The number of ether oxygens (including phenoxy) is 1. The SMILES string of the molecule is CC1(C)N=C(OCc2ccccc2)OP1(C)=O. The van der Waals surface area contributed by atoms with Crippen LogP contribution in [-0.2, 0) is 20.4 Å². The Morgan fingerprint density at radius 1 is 1.35 bits per heavy atom. The average molecular weight is 253 g/mol. The highest BCUT2D eigenvalue weighted by Crippen LogP contribution is 2.60. The van der Waals surface area contributed by atoms with E-state index in [9.17, 15) is 4.57 Å². The topological polar surface area (TPSA) is 47.9 Å². The first-order valence-corrected chi connectivity index (χ1v) is 7.52. The van der Waals surface area contributed by atoms with Crippen molar-refractivity contribution in [1.29, 1.82) is 0 Å². The zero-order chi connectivity index (χ0) is 12.5. The first-order valence-electron chi connectivity index (χ1n) is 5.44. The van der Waals surface area contributed by atoms with Gasteiger partial charge in [0.05, 0.1) is 0 Å². The lowest BCUT2D eigenvalue weighted by atomic mass is 10.2. The van der Waals surface area contributed by atoms with Gasteiger partial charge in [-0.25, -0.2) is 0 Å². The molecule has 0 bridgehead atoms. The number of hydrogen-bond acceptors (Lipinski definition) is 4. The summed E-state index contributed by atoms with van der Waals surface area (Å²) in [6.45, 7) is 5.52. The van der Waals surface area contributed by atoms with Crippen LogP contribution >= 0.6 is 7.37 Å². The minimum Gasteiger partial charge on any atom is -0.446 e. The van der Waals surface area contributed by atoms with Crippen LogP contribution in [0.2, 0.25) is 0 Å². The average Bonchev–Trinajstić information content (AvgIpc) is 2.46. The van der Waals surface area contributed by atoms with Crippen LogP contribution in [0.25, 0.3) is 0 Å². The highest BCUT2D eigenvalue weighted by molar-refractivity contribution is 7.60. The molecule has 0 radical (unpaired) electrons. The van der Waals surface area contributed by atoms with Crippen molar-refractivity contribution in [2.24, 2.45) is 4.99 Å². The summed E-state index contributed by atoms with van der Waals surface area (Å²) in [5.74, 6) is 0. The molecule has 1 aromatic rings. The van der Waals surface area contributed by atoms with Crippen molar-refractivity contribution >= 4 is 13.5 Å². The molecule has 0 saturated carbocycles. The molecule has 0 amide bonds. The first-order chi connectivity index (χ1) is 7.91. The van der Waals surface area contributed by atoms with E-state index in [2.05, 4.69) is 4.99 Å². The molecule has 17 heavy (non-hydrogen) atoms. The second kappa shape index (κ2) is 4.19. The standard InChI is InChI=1S/C12H16NO3P/c1-12(2)13-11(16-17(12,3)14)15-9-10-7-5-4-6-8-10/h4-8H,9H2,1-3H3. The van der Waals surface area contributed by atoms with E-state index < -0.39 is 12.6 Å². The van der Waals surface area contributed by atoms with Gasteiger partial charge in [-0.1, -0.05) is 30.3 Å². The van der Waals surface area contributed by atoms with E-state index in [0.717, 1.165) is 5.56 Å². The van der Waals surface area contributed by atoms with E-state index in [-0.39, 0.29) is 6.08 Å². The molecule has 1 aliphatic rings. The second-order valence-electron chi connectivity index (χ2n) is 4.58. The van der Waals surface area contributed by atoms with Gasteiger partial charge in [0.15, 0.2) is 0 Å². The summed E-state index contributed by atoms with van der Waals surface area (Å²) in [4.78, 5) is 4.20. The molecule has 1 atom stereocenters. The molecule has 0 saturated heterocycles. The van der Waals surface area contributed by atoms with Crippen LogP contribution in [0, 0.1) is 0 Å². The number of aliphatic imine (C=N–C) groups is 1. The van der Waals surface area contributed by atoms with Gasteiger partial charge in [0.25, 0.3) is 7.37 Å². The van der Waals surface area contributed by atoms with Crippen molar-refractivity contribution in [3.8, 4) is 0 Å². The summed E-state index contributed by atoms with van der Waals surface area (Å²) < 4.78 is 22.8. The lowest BCUT2D eigenvalue weighted by Crippen LogP contribution is -2.11. The normalized spacial score (nSPS) is 26.2. The molecule has 0 N–H and O–H groups in total. The number of benzene rings is 1. The third-order valence-electron chi connectivity index (χ3n) is 2.82. The smallest absolute Gasteiger partial charge is 0.390 e. The molecule has 0 spiro atoms. The summed E-state index contributed by atoms with van der Waals surface area (Å²) in [7, 11) is -2.75. The van der Waals surface area contributed by atoms with E-state index in [4.69, 9.17) is 9.26 Å². The Balaban J connectivity index is 2.01. The van der Waals surface area contributed by atoms with Crippen LogP contribution in [-0.4, -0.2) is 18.0 Å². The van der Waals surface area contributed by atoms with E-state index in [0.29, 0.717) is 6.61 Å².